The third-order valence-corrected chi connectivity index (χ3v) is 2.84. The van der Waals surface area contributed by atoms with Crippen LogP contribution in [0.4, 0.5) is 4.39 Å². The van der Waals surface area contributed by atoms with Crippen molar-refractivity contribution in [2.24, 2.45) is 0 Å². The molecule has 3 N–H and O–H groups in total. The van der Waals surface area contributed by atoms with Gasteiger partial charge in [-0.3, -0.25) is 0 Å². The highest BCUT2D eigenvalue weighted by molar-refractivity contribution is 5.92. The summed E-state index contributed by atoms with van der Waals surface area (Å²) in [6.45, 7) is 3.43. The molecule has 1 aromatic carbocycles. The van der Waals surface area contributed by atoms with Crippen LogP contribution >= 0.6 is 0 Å². The van der Waals surface area contributed by atoms with Crippen molar-refractivity contribution in [2.75, 3.05) is 6.61 Å². The summed E-state index contributed by atoms with van der Waals surface area (Å²) in [5.41, 5.74) is -0.236. The van der Waals surface area contributed by atoms with Crippen LogP contribution in [0, 0.1) is 5.82 Å². The van der Waals surface area contributed by atoms with Gasteiger partial charge in [-0.05, 0) is 6.07 Å². The number of aliphatic hydroxyl groups is 1. The molecule has 0 bridgehead atoms. The van der Waals surface area contributed by atoms with Crippen LogP contribution in [-0.4, -0.2) is 32.8 Å². The summed E-state index contributed by atoms with van der Waals surface area (Å²) in [5, 5.41) is 18.1. The second-order valence-corrected chi connectivity index (χ2v) is 4.78. The molecule has 0 aliphatic carbocycles. The zero-order valence-corrected chi connectivity index (χ0v) is 9.99. The van der Waals surface area contributed by atoms with Gasteiger partial charge in [0.2, 0.25) is 0 Å². The molecule has 0 saturated carbocycles. The predicted molar refractivity (Wildman–Crippen MR) is 63.1 cm³/mol. The molecule has 1 aromatic heterocycles. The van der Waals surface area contributed by atoms with Gasteiger partial charge in [0.15, 0.2) is 0 Å². The van der Waals surface area contributed by atoms with Crippen molar-refractivity contribution < 1.29 is 19.4 Å². The zero-order valence-electron chi connectivity index (χ0n) is 9.99. The van der Waals surface area contributed by atoms with Gasteiger partial charge in [0.05, 0.1) is 23.2 Å². The molecule has 96 valence electrons. The molecule has 0 aliphatic rings. The number of nitrogens with zero attached hydrogens (tertiary/aromatic N) is 1. The third-order valence-electron chi connectivity index (χ3n) is 2.84. The van der Waals surface area contributed by atoms with Crippen LogP contribution in [0.15, 0.2) is 12.1 Å². The van der Waals surface area contributed by atoms with Crippen molar-refractivity contribution in [2.45, 2.75) is 19.3 Å². The number of carboxylic acid groups (broad SMARTS) is 1. The van der Waals surface area contributed by atoms with E-state index in [-0.39, 0.29) is 6.61 Å². The highest BCUT2D eigenvalue weighted by atomic mass is 19.1. The van der Waals surface area contributed by atoms with E-state index in [0.29, 0.717) is 16.9 Å². The van der Waals surface area contributed by atoms with E-state index in [1.807, 2.05) is 0 Å². The zero-order chi connectivity index (χ0) is 13.5. The van der Waals surface area contributed by atoms with Gasteiger partial charge in [0, 0.05) is 11.5 Å². The molecule has 0 amide bonds. The molecule has 0 saturated heterocycles. The average molecular weight is 252 g/mol. The first-order valence-electron chi connectivity index (χ1n) is 5.39. The number of hydrogen-bond donors (Lipinski definition) is 3. The van der Waals surface area contributed by atoms with Gasteiger partial charge in [-0.25, -0.2) is 14.2 Å². The fourth-order valence-corrected chi connectivity index (χ4v) is 1.59. The maximum atomic E-state index is 13.5. The highest BCUT2D eigenvalue weighted by Crippen LogP contribution is 2.24. The lowest BCUT2D eigenvalue weighted by molar-refractivity contribution is 0.0692. The van der Waals surface area contributed by atoms with Crippen LogP contribution in [0.5, 0.6) is 0 Å². The normalized spacial score (nSPS) is 12.0. The summed E-state index contributed by atoms with van der Waals surface area (Å²) in [5.74, 6) is -1.66. The number of benzene rings is 1. The van der Waals surface area contributed by atoms with Gasteiger partial charge < -0.3 is 15.2 Å². The van der Waals surface area contributed by atoms with Crippen LogP contribution in [0.2, 0.25) is 0 Å². The van der Waals surface area contributed by atoms with E-state index in [2.05, 4.69) is 9.97 Å². The van der Waals surface area contributed by atoms with E-state index in [0.717, 1.165) is 6.07 Å². The van der Waals surface area contributed by atoms with Crippen molar-refractivity contribution >= 4 is 17.0 Å². The molecule has 6 heteroatoms. The summed E-state index contributed by atoms with van der Waals surface area (Å²) < 4.78 is 13.5. The SMILES string of the molecule is CC(C)(CO)c1nc2cc(C(=O)O)c(F)cc2[nH]1. The van der Waals surface area contributed by atoms with Gasteiger partial charge >= 0.3 is 5.97 Å². The Bertz CT molecular complexity index is 619. The standard InChI is InChI=1S/C12H13FN2O3/c1-12(2,5-16)11-14-8-3-6(10(17)18)7(13)4-9(8)15-11/h3-4,16H,5H2,1-2H3,(H,14,15)(H,17,18). The number of nitrogens with one attached hydrogen (secondary N) is 1. The van der Waals surface area contributed by atoms with Crippen LogP contribution in [0.3, 0.4) is 0 Å². The molecule has 0 unspecified atom stereocenters. The number of halogens is 1. The molecular weight excluding hydrogens is 239 g/mol. The highest BCUT2D eigenvalue weighted by Gasteiger charge is 2.24. The minimum absolute atomic E-state index is 0.124. The van der Waals surface area contributed by atoms with Gasteiger partial charge in [0.25, 0.3) is 0 Å². The number of aromatic amines is 1. The number of fused-ring (bicyclic) bond motifs is 1. The lowest BCUT2D eigenvalue weighted by Gasteiger charge is -2.17. The predicted octanol–water partition coefficient (Wildman–Crippen LogP) is 1.67. The van der Waals surface area contributed by atoms with E-state index >= 15 is 0 Å². The van der Waals surface area contributed by atoms with Gasteiger partial charge in [-0.2, -0.15) is 0 Å². The Balaban J connectivity index is 2.62. The first kappa shape index (κ1) is 12.5. The first-order valence-corrected chi connectivity index (χ1v) is 5.39. The molecular formula is C12H13FN2O3. The third kappa shape index (κ3) is 1.95. The maximum Gasteiger partial charge on any atom is 0.338 e. The smallest absolute Gasteiger partial charge is 0.338 e. The molecule has 0 aliphatic heterocycles. The summed E-state index contributed by atoms with van der Waals surface area (Å²) in [6, 6.07) is 2.28. The summed E-state index contributed by atoms with van der Waals surface area (Å²) in [4.78, 5) is 17.9. The van der Waals surface area contributed by atoms with Crippen molar-refractivity contribution in [3.63, 3.8) is 0 Å². The molecule has 0 spiro atoms. The van der Waals surface area contributed by atoms with Crippen LogP contribution in [-0.2, 0) is 5.41 Å². The number of carbonyl (C=O) groups is 1. The second-order valence-electron chi connectivity index (χ2n) is 4.78. The van der Waals surface area contributed by atoms with Crippen molar-refractivity contribution in [1.29, 1.82) is 0 Å². The molecule has 2 aromatic rings. The summed E-state index contributed by atoms with van der Waals surface area (Å²) in [7, 11) is 0. The van der Waals surface area contributed by atoms with E-state index in [9.17, 15) is 14.3 Å². The van der Waals surface area contributed by atoms with Gasteiger partial charge in [0.1, 0.15) is 11.6 Å². The molecule has 0 fully saturated rings. The largest absolute Gasteiger partial charge is 0.478 e. The summed E-state index contributed by atoms with van der Waals surface area (Å²) >= 11 is 0. The van der Waals surface area contributed by atoms with Crippen molar-refractivity contribution in [3.8, 4) is 0 Å². The minimum atomic E-state index is -1.33. The van der Waals surface area contributed by atoms with E-state index < -0.39 is 22.8 Å². The lowest BCUT2D eigenvalue weighted by Crippen LogP contribution is -2.23. The number of hydrogen-bond acceptors (Lipinski definition) is 3. The van der Waals surface area contributed by atoms with Crippen molar-refractivity contribution in [1.82, 2.24) is 9.97 Å². The van der Waals surface area contributed by atoms with Crippen LogP contribution < -0.4 is 0 Å². The second kappa shape index (κ2) is 4.06. The quantitative estimate of drug-likeness (QED) is 0.775. The summed E-state index contributed by atoms with van der Waals surface area (Å²) in [6.07, 6.45) is 0. The maximum absolute atomic E-state index is 13.5. The Hall–Kier alpha value is -1.95. The number of carboxylic acids is 1. The van der Waals surface area contributed by atoms with E-state index in [4.69, 9.17) is 5.11 Å². The van der Waals surface area contributed by atoms with Crippen LogP contribution in [0.1, 0.15) is 30.0 Å². The Morgan fingerprint density at radius 2 is 2.17 bits per heavy atom. The monoisotopic (exact) mass is 252 g/mol. The fourth-order valence-electron chi connectivity index (χ4n) is 1.59. The minimum Gasteiger partial charge on any atom is -0.478 e. The van der Waals surface area contributed by atoms with Gasteiger partial charge in [-0.1, -0.05) is 13.8 Å². The average Bonchev–Trinajstić information content (AvgIpc) is 2.71. The molecule has 2 rings (SSSR count). The fraction of sp³-hybridized carbons (Fsp3) is 0.333. The lowest BCUT2D eigenvalue weighted by atomic mass is 9.94. The Morgan fingerprint density at radius 1 is 1.50 bits per heavy atom. The van der Waals surface area contributed by atoms with Crippen LogP contribution in [0.25, 0.3) is 11.0 Å². The number of rotatable bonds is 3. The van der Waals surface area contributed by atoms with E-state index in [1.165, 1.54) is 6.07 Å². The molecule has 18 heavy (non-hydrogen) atoms. The van der Waals surface area contributed by atoms with Crippen molar-refractivity contribution in [3.05, 3.63) is 29.3 Å². The topological polar surface area (TPSA) is 86.2 Å². The molecule has 0 atom stereocenters. The number of imidazole rings is 1. The first-order chi connectivity index (χ1) is 8.35. The van der Waals surface area contributed by atoms with Gasteiger partial charge in [-0.15, -0.1) is 0 Å². The Labute approximate surface area is 102 Å². The molecule has 0 radical (unpaired) electrons. The Morgan fingerprint density at radius 3 is 2.72 bits per heavy atom. The number of aromatic nitrogens is 2. The molecule has 5 nitrogen and oxygen atoms in total. The number of aliphatic hydroxyl groups excluding tert-OH is 1. The Kier molecular flexibility index (Phi) is 2.82. The number of H-pyrrole nitrogens is 1. The number of aromatic carboxylic acids is 1. The molecule has 1 heterocycles. The van der Waals surface area contributed by atoms with E-state index in [1.54, 1.807) is 13.8 Å².